The number of aromatic nitrogens is 1. The van der Waals surface area contributed by atoms with Crippen molar-refractivity contribution in [1.82, 2.24) is 10.1 Å². The molecular weight excluding hydrogens is 314 g/mol. The zero-order valence-corrected chi connectivity index (χ0v) is 13.7. The van der Waals surface area contributed by atoms with Gasteiger partial charge < -0.3 is 14.7 Å². The van der Waals surface area contributed by atoms with Crippen LogP contribution in [0, 0.1) is 0 Å². The Balaban J connectivity index is 1.86. The summed E-state index contributed by atoms with van der Waals surface area (Å²) in [6.07, 6.45) is 2.17. The van der Waals surface area contributed by atoms with Crippen LogP contribution in [-0.4, -0.2) is 40.7 Å². The van der Waals surface area contributed by atoms with Crippen molar-refractivity contribution in [1.29, 1.82) is 0 Å². The van der Waals surface area contributed by atoms with Crippen LogP contribution in [0.15, 0.2) is 52.1 Å². The number of carbonyl (C=O) groups excluding carboxylic acids is 2. The van der Waals surface area contributed by atoms with Gasteiger partial charge in [-0.25, -0.2) is 0 Å². The number of carbonyl (C=O) groups is 2. The highest BCUT2D eigenvalue weighted by Crippen LogP contribution is 2.17. The van der Waals surface area contributed by atoms with Crippen molar-refractivity contribution in [3.63, 3.8) is 0 Å². The molecule has 0 aliphatic heterocycles. The van der Waals surface area contributed by atoms with Gasteiger partial charge in [0, 0.05) is 17.5 Å². The largest absolute Gasteiger partial charge is 0.363 e. The molecule has 0 aliphatic carbocycles. The van der Waals surface area contributed by atoms with Gasteiger partial charge in [-0.15, -0.1) is 11.8 Å². The van der Waals surface area contributed by atoms with Crippen molar-refractivity contribution in [2.75, 3.05) is 24.2 Å². The van der Waals surface area contributed by atoms with Crippen LogP contribution in [-0.2, 0) is 9.59 Å². The summed E-state index contributed by atoms with van der Waals surface area (Å²) in [5.74, 6) is 0.306. The third-order valence-corrected chi connectivity index (χ3v) is 3.99. The standard InChI is InChI=1S/C16H19N3O3S/c1-2-9-19(11-15(20)17-14-8-10-22-18-14)16(21)12-23-13-6-4-3-5-7-13/h3-8,10H,2,9,11-12H2,1H3,(H,17,18,20). The summed E-state index contributed by atoms with van der Waals surface area (Å²) in [6.45, 7) is 2.52. The van der Waals surface area contributed by atoms with Gasteiger partial charge in [0.05, 0.1) is 12.3 Å². The van der Waals surface area contributed by atoms with Crippen LogP contribution in [0.4, 0.5) is 5.82 Å². The molecule has 1 aromatic carbocycles. The number of nitrogens with zero attached hydrogens (tertiary/aromatic N) is 2. The highest BCUT2D eigenvalue weighted by atomic mass is 32.2. The topological polar surface area (TPSA) is 75.4 Å². The van der Waals surface area contributed by atoms with E-state index in [9.17, 15) is 9.59 Å². The lowest BCUT2D eigenvalue weighted by molar-refractivity contribution is -0.132. The molecule has 0 spiro atoms. The minimum Gasteiger partial charge on any atom is -0.363 e. The van der Waals surface area contributed by atoms with Crippen LogP contribution in [0.1, 0.15) is 13.3 Å². The predicted molar refractivity (Wildman–Crippen MR) is 89.2 cm³/mol. The maximum Gasteiger partial charge on any atom is 0.245 e. The normalized spacial score (nSPS) is 10.3. The second kappa shape index (κ2) is 8.99. The predicted octanol–water partition coefficient (Wildman–Crippen LogP) is 2.64. The molecule has 0 unspecified atom stereocenters. The Hall–Kier alpha value is -2.28. The Morgan fingerprint density at radius 2 is 2.04 bits per heavy atom. The van der Waals surface area contributed by atoms with Gasteiger partial charge in [0.25, 0.3) is 0 Å². The second-order valence-electron chi connectivity index (χ2n) is 4.85. The number of nitrogens with one attached hydrogen (secondary N) is 1. The molecule has 0 aliphatic rings. The first-order valence-corrected chi connectivity index (χ1v) is 8.33. The molecular formula is C16H19N3O3S. The third kappa shape index (κ3) is 5.78. The zero-order valence-electron chi connectivity index (χ0n) is 12.9. The van der Waals surface area contributed by atoms with Crippen LogP contribution in [0.25, 0.3) is 0 Å². The van der Waals surface area contributed by atoms with E-state index in [2.05, 4.69) is 15.0 Å². The average Bonchev–Trinajstić information content (AvgIpc) is 3.06. The first kappa shape index (κ1) is 17.1. The molecule has 122 valence electrons. The molecule has 2 aromatic rings. The van der Waals surface area contributed by atoms with Crippen molar-refractivity contribution < 1.29 is 14.1 Å². The lowest BCUT2D eigenvalue weighted by Crippen LogP contribution is -2.39. The lowest BCUT2D eigenvalue weighted by atomic mass is 10.3. The molecule has 0 fully saturated rings. The fourth-order valence-electron chi connectivity index (χ4n) is 1.95. The number of thioether (sulfide) groups is 1. The highest BCUT2D eigenvalue weighted by molar-refractivity contribution is 8.00. The Kier molecular flexibility index (Phi) is 6.68. The molecule has 0 atom stereocenters. The number of benzene rings is 1. The van der Waals surface area contributed by atoms with Gasteiger partial charge in [-0.2, -0.15) is 0 Å². The van der Waals surface area contributed by atoms with Gasteiger partial charge in [0.1, 0.15) is 6.26 Å². The molecule has 0 saturated carbocycles. The Bertz CT molecular complexity index is 617. The summed E-state index contributed by atoms with van der Waals surface area (Å²) in [4.78, 5) is 26.9. The van der Waals surface area contributed by atoms with E-state index >= 15 is 0 Å². The number of anilines is 1. The van der Waals surface area contributed by atoms with E-state index < -0.39 is 0 Å². The molecule has 1 N–H and O–H groups in total. The highest BCUT2D eigenvalue weighted by Gasteiger charge is 2.17. The summed E-state index contributed by atoms with van der Waals surface area (Å²) in [6, 6.07) is 11.3. The van der Waals surface area contributed by atoms with Gasteiger partial charge in [-0.3, -0.25) is 9.59 Å². The number of hydrogen-bond acceptors (Lipinski definition) is 5. The number of hydrogen-bond donors (Lipinski definition) is 1. The van der Waals surface area contributed by atoms with Crippen LogP contribution < -0.4 is 5.32 Å². The fraction of sp³-hybridized carbons (Fsp3) is 0.312. The monoisotopic (exact) mass is 333 g/mol. The van der Waals surface area contributed by atoms with Gasteiger partial charge in [-0.05, 0) is 18.6 Å². The van der Waals surface area contributed by atoms with E-state index in [4.69, 9.17) is 0 Å². The third-order valence-electron chi connectivity index (χ3n) is 2.99. The maximum atomic E-state index is 12.3. The van der Waals surface area contributed by atoms with Crippen molar-refractivity contribution in [3.05, 3.63) is 42.7 Å². The first-order chi connectivity index (χ1) is 11.2. The minimum absolute atomic E-state index is 0.00881. The quantitative estimate of drug-likeness (QED) is 0.752. The average molecular weight is 333 g/mol. The molecule has 0 radical (unpaired) electrons. The minimum atomic E-state index is -0.287. The second-order valence-corrected chi connectivity index (χ2v) is 5.90. The molecule has 1 aromatic heterocycles. The maximum absolute atomic E-state index is 12.3. The molecule has 6 nitrogen and oxygen atoms in total. The molecule has 2 amide bonds. The molecule has 23 heavy (non-hydrogen) atoms. The van der Waals surface area contributed by atoms with Crippen molar-refractivity contribution in [2.45, 2.75) is 18.2 Å². The summed E-state index contributed by atoms with van der Waals surface area (Å²) in [5.41, 5.74) is 0. The zero-order chi connectivity index (χ0) is 16.5. The van der Waals surface area contributed by atoms with Crippen LogP contribution >= 0.6 is 11.8 Å². The Morgan fingerprint density at radius 1 is 1.26 bits per heavy atom. The summed E-state index contributed by atoms with van der Waals surface area (Å²) in [5, 5.41) is 6.21. The lowest BCUT2D eigenvalue weighted by Gasteiger charge is -2.21. The van der Waals surface area contributed by atoms with E-state index in [1.807, 2.05) is 37.3 Å². The van der Waals surface area contributed by atoms with E-state index in [0.717, 1.165) is 11.3 Å². The van der Waals surface area contributed by atoms with Crippen LogP contribution in [0.2, 0.25) is 0 Å². The van der Waals surface area contributed by atoms with Gasteiger partial charge in [0.2, 0.25) is 11.8 Å². The molecule has 7 heteroatoms. The molecule has 0 saturated heterocycles. The van der Waals surface area contributed by atoms with Crippen LogP contribution in [0.3, 0.4) is 0 Å². The SMILES string of the molecule is CCCN(CC(=O)Nc1ccon1)C(=O)CSc1ccccc1. The van der Waals surface area contributed by atoms with E-state index in [-0.39, 0.29) is 18.4 Å². The van der Waals surface area contributed by atoms with Crippen molar-refractivity contribution >= 4 is 29.4 Å². The first-order valence-electron chi connectivity index (χ1n) is 7.35. The Labute approximate surface area is 139 Å². The Morgan fingerprint density at radius 3 is 2.70 bits per heavy atom. The van der Waals surface area contributed by atoms with Gasteiger partial charge in [-0.1, -0.05) is 30.3 Å². The van der Waals surface area contributed by atoms with Gasteiger partial charge >= 0.3 is 0 Å². The van der Waals surface area contributed by atoms with Crippen molar-refractivity contribution in [3.8, 4) is 0 Å². The summed E-state index contributed by atoms with van der Waals surface area (Å²) < 4.78 is 4.65. The fourth-order valence-corrected chi connectivity index (χ4v) is 2.77. The summed E-state index contributed by atoms with van der Waals surface area (Å²) >= 11 is 1.46. The van der Waals surface area contributed by atoms with Crippen molar-refractivity contribution in [2.24, 2.45) is 0 Å². The number of amides is 2. The number of rotatable bonds is 8. The van der Waals surface area contributed by atoms with E-state index in [1.54, 1.807) is 11.0 Å². The molecule has 2 rings (SSSR count). The molecule has 0 bridgehead atoms. The van der Waals surface area contributed by atoms with Gasteiger partial charge in [0.15, 0.2) is 5.82 Å². The van der Waals surface area contributed by atoms with E-state index in [0.29, 0.717) is 18.1 Å². The smallest absolute Gasteiger partial charge is 0.245 e. The van der Waals surface area contributed by atoms with E-state index in [1.165, 1.54) is 18.0 Å². The summed E-state index contributed by atoms with van der Waals surface area (Å²) in [7, 11) is 0. The van der Waals surface area contributed by atoms with Crippen LogP contribution in [0.5, 0.6) is 0 Å². The molecule has 1 heterocycles.